The summed E-state index contributed by atoms with van der Waals surface area (Å²) in [6.07, 6.45) is 1.79. The summed E-state index contributed by atoms with van der Waals surface area (Å²) in [6.45, 7) is 0.532. The number of methoxy groups -OCH3 is 1. The van der Waals surface area contributed by atoms with Crippen molar-refractivity contribution >= 4 is 10.9 Å². The Balaban J connectivity index is 2.50. The summed E-state index contributed by atoms with van der Waals surface area (Å²) in [6, 6.07) is 9.94. The highest BCUT2D eigenvalue weighted by molar-refractivity contribution is 5.82. The fourth-order valence-electron chi connectivity index (χ4n) is 1.82. The molecule has 1 unspecified atom stereocenters. The maximum absolute atomic E-state index is 5.53. The lowest BCUT2D eigenvalue weighted by atomic mass is 10.0. The first-order valence-corrected chi connectivity index (χ1v) is 5.15. The number of para-hydroxylation sites is 1. The fraction of sp³-hybridized carbons (Fsp3) is 0.250. The van der Waals surface area contributed by atoms with E-state index in [-0.39, 0.29) is 6.04 Å². The Labute approximate surface area is 94.4 Å². The van der Waals surface area contributed by atoms with Crippen molar-refractivity contribution in [2.75, 3.05) is 13.7 Å². The van der Waals surface area contributed by atoms with Gasteiger partial charge in [0.15, 0.2) is 0 Å². The fourth-order valence-corrected chi connectivity index (χ4v) is 1.82. The molecule has 84 valence electrons. The van der Waals surface area contributed by atoms with Crippen LogP contribution in [0.2, 0.25) is 0 Å². The Morgan fingerprint density at radius 2 is 2.19 bits per heavy atom. The maximum atomic E-state index is 5.53. The van der Waals surface area contributed by atoms with Gasteiger partial charge < -0.3 is 4.74 Å². The van der Waals surface area contributed by atoms with Crippen LogP contribution in [0.1, 0.15) is 11.6 Å². The molecule has 3 N–H and O–H groups in total. The minimum Gasteiger partial charge on any atom is -0.383 e. The summed E-state index contributed by atoms with van der Waals surface area (Å²) in [5.74, 6) is 5.53. The second kappa shape index (κ2) is 5.03. The van der Waals surface area contributed by atoms with Crippen LogP contribution in [0.4, 0.5) is 0 Å². The molecule has 1 heterocycles. The lowest BCUT2D eigenvalue weighted by Crippen LogP contribution is -2.31. The molecule has 2 aromatic rings. The summed E-state index contributed by atoms with van der Waals surface area (Å²) in [7, 11) is 1.66. The number of hydrazine groups is 1. The molecule has 0 saturated carbocycles. The van der Waals surface area contributed by atoms with Gasteiger partial charge in [0.1, 0.15) is 0 Å². The van der Waals surface area contributed by atoms with Crippen molar-refractivity contribution in [3.05, 3.63) is 42.1 Å². The van der Waals surface area contributed by atoms with E-state index in [1.807, 2.05) is 30.3 Å². The van der Waals surface area contributed by atoms with E-state index in [2.05, 4.69) is 10.4 Å². The zero-order chi connectivity index (χ0) is 11.4. The number of pyridine rings is 1. The third kappa shape index (κ3) is 2.04. The van der Waals surface area contributed by atoms with Crippen LogP contribution in [0.3, 0.4) is 0 Å². The van der Waals surface area contributed by atoms with Crippen LogP contribution in [0.15, 0.2) is 36.5 Å². The topological polar surface area (TPSA) is 60.2 Å². The van der Waals surface area contributed by atoms with Crippen LogP contribution in [0, 0.1) is 0 Å². The third-order valence-electron chi connectivity index (χ3n) is 2.59. The number of nitrogens with one attached hydrogen (secondary N) is 1. The molecule has 0 bridgehead atoms. The zero-order valence-corrected chi connectivity index (χ0v) is 9.18. The Bertz CT molecular complexity index is 467. The lowest BCUT2D eigenvalue weighted by Gasteiger charge is -2.16. The number of benzene rings is 1. The molecule has 0 aliphatic heterocycles. The maximum Gasteiger partial charge on any atom is 0.0705 e. The minimum absolute atomic E-state index is 0.0158. The SMILES string of the molecule is COCC(NN)c1ccnc2ccccc12. The predicted molar refractivity (Wildman–Crippen MR) is 63.7 cm³/mol. The molecule has 0 fully saturated rings. The van der Waals surface area contributed by atoms with Crippen LogP contribution in [0.5, 0.6) is 0 Å². The van der Waals surface area contributed by atoms with E-state index in [4.69, 9.17) is 10.6 Å². The van der Waals surface area contributed by atoms with Gasteiger partial charge in [0.05, 0.1) is 18.2 Å². The Morgan fingerprint density at radius 3 is 2.94 bits per heavy atom. The summed E-state index contributed by atoms with van der Waals surface area (Å²) in [5, 5.41) is 1.10. The predicted octanol–water partition coefficient (Wildman–Crippen LogP) is 1.39. The molecule has 2 rings (SSSR count). The van der Waals surface area contributed by atoms with Gasteiger partial charge in [-0.15, -0.1) is 0 Å². The van der Waals surface area contributed by atoms with E-state index in [1.165, 1.54) is 0 Å². The van der Waals surface area contributed by atoms with Crippen molar-refractivity contribution in [3.63, 3.8) is 0 Å². The molecule has 0 aliphatic carbocycles. The van der Waals surface area contributed by atoms with Crippen LogP contribution >= 0.6 is 0 Å². The van der Waals surface area contributed by atoms with Crippen LogP contribution < -0.4 is 11.3 Å². The number of hydrogen-bond donors (Lipinski definition) is 2. The number of rotatable bonds is 4. The van der Waals surface area contributed by atoms with E-state index < -0.39 is 0 Å². The first-order valence-electron chi connectivity index (χ1n) is 5.15. The van der Waals surface area contributed by atoms with Gasteiger partial charge in [-0.1, -0.05) is 18.2 Å². The minimum atomic E-state index is -0.0158. The van der Waals surface area contributed by atoms with Gasteiger partial charge in [-0.05, 0) is 17.7 Å². The highest BCUT2D eigenvalue weighted by atomic mass is 16.5. The van der Waals surface area contributed by atoms with Crippen LogP contribution in [0.25, 0.3) is 10.9 Å². The Hall–Kier alpha value is -1.49. The van der Waals surface area contributed by atoms with Gasteiger partial charge in [-0.2, -0.15) is 0 Å². The summed E-state index contributed by atoms with van der Waals surface area (Å²) < 4.78 is 5.14. The van der Waals surface area contributed by atoms with Crippen molar-refractivity contribution in [1.82, 2.24) is 10.4 Å². The van der Waals surface area contributed by atoms with Gasteiger partial charge >= 0.3 is 0 Å². The average Bonchev–Trinajstić information content (AvgIpc) is 2.35. The Morgan fingerprint density at radius 1 is 1.38 bits per heavy atom. The lowest BCUT2D eigenvalue weighted by molar-refractivity contribution is 0.168. The normalized spacial score (nSPS) is 12.9. The van der Waals surface area contributed by atoms with Crippen molar-refractivity contribution in [1.29, 1.82) is 0 Å². The number of aromatic nitrogens is 1. The molecular formula is C12H15N3O. The molecule has 1 aromatic heterocycles. The number of fused-ring (bicyclic) bond motifs is 1. The Kier molecular flexibility index (Phi) is 3.46. The molecule has 1 atom stereocenters. The molecule has 0 radical (unpaired) electrons. The van der Waals surface area contributed by atoms with Gasteiger partial charge in [0.25, 0.3) is 0 Å². The molecule has 0 amide bonds. The van der Waals surface area contributed by atoms with E-state index in [9.17, 15) is 0 Å². The molecule has 0 spiro atoms. The summed E-state index contributed by atoms with van der Waals surface area (Å²) in [4.78, 5) is 4.31. The monoisotopic (exact) mass is 217 g/mol. The van der Waals surface area contributed by atoms with Gasteiger partial charge in [-0.3, -0.25) is 16.3 Å². The first kappa shape index (κ1) is 11.0. The van der Waals surface area contributed by atoms with Crippen LogP contribution in [-0.2, 0) is 4.74 Å². The number of ether oxygens (including phenoxy) is 1. The third-order valence-corrected chi connectivity index (χ3v) is 2.59. The van der Waals surface area contributed by atoms with E-state index in [0.29, 0.717) is 6.61 Å². The molecule has 0 saturated heterocycles. The zero-order valence-electron chi connectivity index (χ0n) is 9.18. The highest BCUT2D eigenvalue weighted by Gasteiger charge is 2.12. The van der Waals surface area contributed by atoms with Crippen molar-refractivity contribution in [3.8, 4) is 0 Å². The van der Waals surface area contributed by atoms with Gasteiger partial charge in [0.2, 0.25) is 0 Å². The second-order valence-corrected chi connectivity index (χ2v) is 3.59. The summed E-state index contributed by atoms with van der Waals surface area (Å²) >= 11 is 0. The number of nitrogens with two attached hydrogens (primary N) is 1. The van der Waals surface area contributed by atoms with Crippen molar-refractivity contribution < 1.29 is 4.74 Å². The largest absolute Gasteiger partial charge is 0.383 e. The standard InChI is InChI=1S/C12H15N3O/c1-16-8-12(15-13)10-6-7-14-11-5-3-2-4-9(10)11/h2-7,12,15H,8,13H2,1H3. The average molecular weight is 217 g/mol. The van der Waals surface area contributed by atoms with Gasteiger partial charge in [-0.25, -0.2) is 0 Å². The highest BCUT2D eigenvalue weighted by Crippen LogP contribution is 2.22. The van der Waals surface area contributed by atoms with E-state index in [0.717, 1.165) is 16.5 Å². The molecular weight excluding hydrogens is 202 g/mol. The second-order valence-electron chi connectivity index (χ2n) is 3.59. The van der Waals surface area contributed by atoms with Gasteiger partial charge in [0, 0.05) is 18.7 Å². The smallest absolute Gasteiger partial charge is 0.0705 e. The number of hydrogen-bond acceptors (Lipinski definition) is 4. The molecule has 0 aliphatic rings. The molecule has 4 nitrogen and oxygen atoms in total. The molecule has 4 heteroatoms. The molecule has 1 aromatic carbocycles. The number of nitrogens with zero attached hydrogens (tertiary/aromatic N) is 1. The van der Waals surface area contributed by atoms with Crippen molar-refractivity contribution in [2.45, 2.75) is 6.04 Å². The van der Waals surface area contributed by atoms with Crippen molar-refractivity contribution in [2.24, 2.45) is 5.84 Å². The van der Waals surface area contributed by atoms with E-state index in [1.54, 1.807) is 13.3 Å². The van der Waals surface area contributed by atoms with E-state index >= 15 is 0 Å². The molecule has 16 heavy (non-hydrogen) atoms. The van der Waals surface area contributed by atoms with Crippen LogP contribution in [-0.4, -0.2) is 18.7 Å². The summed E-state index contributed by atoms with van der Waals surface area (Å²) in [5.41, 5.74) is 4.83. The quantitative estimate of drug-likeness (QED) is 0.600. The first-order chi connectivity index (χ1) is 7.86.